The fourth-order valence-electron chi connectivity index (χ4n) is 1.83. The van der Waals surface area contributed by atoms with Crippen molar-refractivity contribution in [3.05, 3.63) is 34.9 Å². The van der Waals surface area contributed by atoms with Gasteiger partial charge >= 0.3 is 0 Å². The van der Waals surface area contributed by atoms with Gasteiger partial charge in [0.15, 0.2) is 5.69 Å². The van der Waals surface area contributed by atoms with Gasteiger partial charge in [-0.05, 0) is 18.2 Å². The van der Waals surface area contributed by atoms with Crippen LogP contribution < -0.4 is 4.59 Å². The number of nitrogens with zero attached hydrogens (tertiary/aromatic N) is 4. The molecule has 0 amide bonds. The van der Waals surface area contributed by atoms with Gasteiger partial charge in [0, 0.05) is 28.0 Å². The second kappa shape index (κ2) is 2.74. The van der Waals surface area contributed by atoms with E-state index in [-0.39, 0.29) is 4.59 Å². The highest BCUT2D eigenvalue weighted by molar-refractivity contribution is 6.31. The zero-order valence-electron chi connectivity index (χ0n) is 8.05. The van der Waals surface area contributed by atoms with Crippen LogP contribution in [0.4, 0.5) is 5.69 Å². The first-order valence-electron chi connectivity index (χ1n) is 4.56. The molecule has 0 bridgehead atoms. The normalized spacial score (nSPS) is 26.1. The number of rotatable bonds is 0. The predicted octanol–water partition coefficient (Wildman–Crippen LogP) is 3.00. The Hall–Kier alpha value is -1.52. The van der Waals surface area contributed by atoms with Crippen molar-refractivity contribution in [2.24, 2.45) is 15.5 Å². The zero-order chi connectivity index (χ0) is 10.5. The van der Waals surface area contributed by atoms with E-state index in [1.54, 1.807) is 0 Å². The molecule has 2 aliphatic rings. The molecule has 0 spiro atoms. The number of hydrogen-bond donors (Lipinski definition) is 0. The van der Waals surface area contributed by atoms with Crippen LogP contribution in [-0.4, -0.2) is 12.9 Å². The Morgan fingerprint density at radius 2 is 2.13 bits per heavy atom. The van der Waals surface area contributed by atoms with E-state index in [1.165, 1.54) is 0 Å². The van der Waals surface area contributed by atoms with Gasteiger partial charge < -0.3 is 0 Å². The van der Waals surface area contributed by atoms with Crippen molar-refractivity contribution >= 4 is 29.2 Å². The Bertz CT molecular complexity index is 532. The Morgan fingerprint density at radius 3 is 3.00 bits per heavy atom. The highest BCUT2D eigenvalue weighted by Crippen LogP contribution is 2.36. The van der Waals surface area contributed by atoms with Gasteiger partial charge in [-0.25, -0.2) is 0 Å². The Labute approximate surface area is 91.7 Å². The molecule has 0 radical (unpaired) electrons. The molecule has 74 valence electrons. The number of halogens is 1. The quantitative estimate of drug-likeness (QED) is 0.602. The largest absolute Gasteiger partial charge is 0.281 e. The summed E-state index contributed by atoms with van der Waals surface area (Å²) in [6.07, 6.45) is 3.93. The van der Waals surface area contributed by atoms with E-state index in [1.807, 2.05) is 37.4 Å². The van der Waals surface area contributed by atoms with Crippen LogP contribution in [0.25, 0.3) is 6.08 Å². The first-order chi connectivity index (χ1) is 7.20. The number of likely N-dealkylation sites (N-methyl/N-ethyl adjacent to an activating group) is 1. The molecule has 0 fully saturated rings. The third kappa shape index (κ3) is 1.09. The average molecular weight is 220 g/mol. The number of quaternary nitrogens is 1. The molecular weight excluding hydrogens is 212 g/mol. The molecule has 1 unspecified atom stereocenters. The summed E-state index contributed by atoms with van der Waals surface area (Å²) in [5.74, 6) is 0.810. The molecule has 2 aliphatic heterocycles. The van der Waals surface area contributed by atoms with Crippen LogP contribution in [-0.2, 0) is 0 Å². The molecule has 4 nitrogen and oxygen atoms in total. The monoisotopic (exact) mass is 219 g/mol. The van der Waals surface area contributed by atoms with Crippen molar-refractivity contribution in [1.82, 2.24) is 4.59 Å². The Balaban J connectivity index is 2.32. The summed E-state index contributed by atoms with van der Waals surface area (Å²) in [7, 11) is 1.94. The maximum atomic E-state index is 5.98. The van der Waals surface area contributed by atoms with Crippen LogP contribution >= 0.6 is 11.6 Å². The van der Waals surface area contributed by atoms with Gasteiger partial charge in [-0.2, -0.15) is 0 Å². The molecule has 3 rings (SSSR count). The molecule has 5 heteroatoms. The van der Waals surface area contributed by atoms with Crippen LogP contribution in [0.2, 0.25) is 5.02 Å². The number of hydrogen-bond acceptors (Lipinski definition) is 3. The van der Waals surface area contributed by atoms with Gasteiger partial charge in [0.1, 0.15) is 7.05 Å². The summed E-state index contributed by atoms with van der Waals surface area (Å²) in [6.45, 7) is 0. The summed E-state index contributed by atoms with van der Waals surface area (Å²) in [5, 5.41) is 12.5. The maximum absolute atomic E-state index is 5.98. The molecule has 0 saturated carbocycles. The molecule has 15 heavy (non-hydrogen) atoms. The molecule has 0 aromatic heterocycles. The summed E-state index contributed by atoms with van der Waals surface area (Å²) >= 11 is 5.98. The molecule has 2 heterocycles. The van der Waals surface area contributed by atoms with Crippen molar-refractivity contribution in [1.29, 1.82) is 0 Å². The summed E-state index contributed by atoms with van der Waals surface area (Å²) in [6, 6.07) is 5.74. The molecular formula is C10H8ClN4+. The molecule has 0 N–H and O–H groups in total. The molecule has 0 saturated heterocycles. The van der Waals surface area contributed by atoms with Crippen molar-refractivity contribution < 1.29 is 0 Å². The zero-order valence-corrected chi connectivity index (χ0v) is 8.81. The fraction of sp³-hybridized carbons (Fsp3) is 0.100. The number of benzene rings is 1. The van der Waals surface area contributed by atoms with Crippen molar-refractivity contribution in [2.75, 3.05) is 7.05 Å². The summed E-state index contributed by atoms with van der Waals surface area (Å²) in [5.41, 5.74) is 2.10. The first kappa shape index (κ1) is 8.76. The van der Waals surface area contributed by atoms with Crippen molar-refractivity contribution in [2.45, 2.75) is 0 Å². The maximum Gasteiger partial charge on any atom is 0.281 e. The average Bonchev–Trinajstić information content (AvgIpc) is 2.60. The standard InChI is InChI=1S/C10H8ClN4/c1-15-9-6-8(11)4-2-7(9)3-5-10(15)12-13-14-15/h2-6H,1H3/q+1. The van der Waals surface area contributed by atoms with Crippen LogP contribution in [0, 0.1) is 0 Å². The van der Waals surface area contributed by atoms with Crippen LogP contribution in [0.1, 0.15) is 5.56 Å². The lowest BCUT2D eigenvalue weighted by Gasteiger charge is -2.24. The van der Waals surface area contributed by atoms with E-state index in [4.69, 9.17) is 11.6 Å². The van der Waals surface area contributed by atoms with Gasteiger partial charge in [-0.15, -0.1) is 0 Å². The summed E-state index contributed by atoms with van der Waals surface area (Å²) < 4.78 is 0.256. The van der Waals surface area contributed by atoms with Crippen molar-refractivity contribution in [3.8, 4) is 0 Å². The topological polar surface area (TPSA) is 37.1 Å². The number of fused-ring (bicyclic) bond motifs is 3. The van der Waals surface area contributed by atoms with Gasteiger partial charge in [0.05, 0.1) is 5.22 Å². The van der Waals surface area contributed by atoms with Crippen LogP contribution in [0.15, 0.2) is 39.8 Å². The lowest BCUT2D eigenvalue weighted by atomic mass is 10.1. The van der Waals surface area contributed by atoms with Crippen molar-refractivity contribution in [3.63, 3.8) is 0 Å². The van der Waals surface area contributed by atoms with Gasteiger partial charge in [-0.1, -0.05) is 21.3 Å². The highest BCUT2D eigenvalue weighted by Gasteiger charge is 2.40. The van der Waals surface area contributed by atoms with Gasteiger partial charge in [-0.3, -0.25) is 0 Å². The number of amidine groups is 1. The second-order valence-corrected chi connectivity index (χ2v) is 4.07. The minimum absolute atomic E-state index is 0.256. The minimum atomic E-state index is 0.256. The van der Waals surface area contributed by atoms with Crippen LogP contribution in [0.3, 0.4) is 0 Å². The SMILES string of the molecule is C[N+]12N=NN=C1C=Cc1ccc(Cl)cc12. The van der Waals surface area contributed by atoms with E-state index in [2.05, 4.69) is 15.5 Å². The second-order valence-electron chi connectivity index (χ2n) is 3.63. The molecule has 1 aromatic carbocycles. The molecule has 0 aliphatic carbocycles. The summed E-state index contributed by atoms with van der Waals surface area (Å²) in [4.78, 5) is 0. The van der Waals surface area contributed by atoms with E-state index < -0.39 is 0 Å². The fourth-order valence-corrected chi connectivity index (χ4v) is 1.99. The Morgan fingerprint density at radius 1 is 1.27 bits per heavy atom. The third-order valence-corrected chi connectivity index (χ3v) is 2.92. The van der Waals surface area contributed by atoms with E-state index in [9.17, 15) is 0 Å². The Kier molecular flexibility index (Phi) is 1.60. The minimum Gasteiger partial charge on any atom is -0.0977 e. The smallest absolute Gasteiger partial charge is 0.0977 e. The predicted molar refractivity (Wildman–Crippen MR) is 60.5 cm³/mol. The van der Waals surface area contributed by atoms with Gasteiger partial charge in [0.2, 0.25) is 0 Å². The first-order valence-corrected chi connectivity index (χ1v) is 4.93. The third-order valence-electron chi connectivity index (χ3n) is 2.69. The lowest BCUT2D eigenvalue weighted by Crippen LogP contribution is -2.43. The molecule has 1 aromatic rings. The van der Waals surface area contributed by atoms with Gasteiger partial charge in [0.25, 0.3) is 5.84 Å². The van der Waals surface area contributed by atoms with E-state index >= 15 is 0 Å². The molecule has 1 atom stereocenters. The van der Waals surface area contributed by atoms with E-state index in [0.717, 1.165) is 17.1 Å². The van der Waals surface area contributed by atoms with Crippen LogP contribution in [0.5, 0.6) is 0 Å². The van der Waals surface area contributed by atoms with E-state index in [0.29, 0.717) is 5.02 Å². The lowest BCUT2D eigenvalue weighted by molar-refractivity contribution is 0.510. The highest BCUT2D eigenvalue weighted by atomic mass is 35.5.